The highest BCUT2D eigenvalue weighted by molar-refractivity contribution is 5.82. The third-order valence-corrected chi connectivity index (χ3v) is 2.70. The Bertz CT molecular complexity index is 514. The van der Waals surface area contributed by atoms with Crippen molar-refractivity contribution in [3.63, 3.8) is 0 Å². The molecule has 1 N–H and O–H groups in total. The minimum atomic E-state index is 0.450. The van der Waals surface area contributed by atoms with Crippen LogP contribution in [0.2, 0.25) is 0 Å². The lowest BCUT2D eigenvalue weighted by Crippen LogP contribution is -2.17. The van der Waals surface area contributed by atoms with Crippen LogP contribution in [0.25, 0.3) is 11.6 Å². The largest absolute Gasteiger partial charge is 0.461 e. The normalized spacial score (nSPS) is 14.2. The Labute approximate surface area is 92.1 Å². The topological polar surface area (TPSA) is 60.1 Å². The van der Waals surface area contributed by atoms with Crippen molar-refractivity contribution in [1.29, 1.82) is 0 Å². The average molecular weight is 217 g/mol. The first kappa shape index (κ1) is 9.21. The lowest BCUT2D eigenvalue weighted by atomic mass is 10.3. The number of aldehydes is 1. The van der Waals surface area contributed by atoms with E-state index in [1.807, 2.05) is 16.7 Å². The fourth-order valence-electron chi connectivity index (χ4n) is 2.00. The molecule has 16 heavy (non-hydrogen) atoms. The molecule has 0 bridgehead atoms. The van der Waals surface area contributed by atoms with Crippen molar-refractivity contribution >= 4 is 12.1 Å². The van der Waals surface area contributed by atoms with E-state index in [1.165, 1.54) is 0 Å². The number of anilines is 1. The molecule has 0 unspecified atom stereocenters. The highest BCUT2D eigenvalue weighted by Gasteiger charge is 2.21. The highest BCUT2D eigenvalue weighted by atomic mass is 16.3. The van der Waals surface area contributed by atoms with Crippen molar-refractivity contribution < 1.29 is 9.21 Å². The van der Waals surface area contributed by atoms with Crippen LogP contribution < -0.4 is 5.32 Å². The molecule has 0 saturated heterocycles. The van der Waals surface area contributed by atoms with E-state index in [0.29, 0.717) is 17.3 Å². The summed E-state index contributed by atoms with van der Waals surface area (Å²) < 4.78 is 7.31. The van der Waals surface area contributed by atoms with Gasteiger partial charge >= 0.3 is 0 Å². The second-order valence-electron chi connectivity index (χ2n) is 3.70. The van der Waals surface area contributed by atoms with Gasteiger partial charge in [-0.2, -0.15) is 0 Å². The summed E-state index contributed by atoms with van der Waals surface area (Å²) in [6, 6.07) is 3.66. The number of hydrogen-bond donors (Lipinski definition) is 1. The lowest BCUT2D eigenvalue weighted by Gasteiger charge is -2.17. The first-order valence-electron chi connectivity index (χ1n) is 5.23. The van der Waals surface area contributed by atoms with Gasteiger partial charge in [0.25, 0.3) is 0 Å². The zero-order chi connectivity index (χ0) is 11.0. The predicted molar refractivity (Wildman–Crippen MR) is 58.4 cm³/mol. The third-order valence-electron chi connectivity index (χ3n) is 2.70. The van der Waals surface area contributed by atoms with Gasteiger partial charge in [-0.05, 0) is 18.6 Å². The third kappa shape index (κ3) is 1.25. The number of hydrogen-bond acceptors (Lipinski definition) is 4. The van der Waals surface area contributed by atoms with Crippen molar-refractivity contribution in [2.24, 2.45) is 0 Å². The maximum absolute atomic E-state index is 10.9. The summed E-state index contributed by atoms with van der Waals surface area (Å²) in [5.41, 5.74) is 0.450. The van der Waals surface area contributed by atoms with Crippen LogP contribution in [0.3, 0.4) is 0 Å². The summed E-state index contributed by atoms with van der Waals surface area (Å²) in [5.74, 6) is 2.21. The van der Waals surface area contributed by atoms with Crippen LogP contribution in [0, 0.1) is 0 Å². The molecule has 0 aliphatic carbocycles. The van der Waals surface area contributed by atoms with E-state index in [9.17, 15) is 4.79 Å². The summed E-state index contributed by atoms with van der Waals surface area (Å²) in [5, 5.41) is 3.19. The second-order valence-corrected chi connectivity index (χ2v) is 3.70. The molecular weight excluding hydrogens is 206 g/mol. The summed E-state index contributed by atoms with van der Waals surface area (Å²) in [6.07, 6.45) is 3.40. The minimum absolute atomic E-state index is 0.450. The van der Waals surface area contributed by atoms with Gasteiger partial charge in [0.05, 0.1) is 6.26 Å². The number of furan rings is 1. The zero-order valence-electron chi connectivity index (χ0n) is 8.64. The van der Waals surface area contributed by atoms with Crippen LogP contribution in [-0.2, 0) is 6.54 Å². The van der Waals surface area contributed by atoms with Gasteiger partial charge in [0.2, 0.25) is 0 Å². The molecule has 5 heteroatoms. The Kier molecular flexibility index (Phi) is 2.02. The summed E-state index contributed by atoms with van der Waals surface area (Å²) in [7, 11) is 0. The number of nitrogens with one attached hydrogen (secondary N) is 1. The van der Waals surface area contributed by atoms with Crippen molar-refractivity contribution in [3.8, 4) is 11.6 Å². The molecule has 1 aliphatic heterocycles. The van der Waals surface area contributed by atoms with Gasteiger partial charge in [-0.15, -0.1) is 0 Å². The van der Waals surface area contributed by atoms with E-state index in [0.717, 1.165) is 31.6 Å². The Morgan fingerprint density at radius 2 is 2.50 bits per heavy atom. The molecule has 0 saturated carbocycles. The first-order valence-corrected chi connectivity index (χ1v) is 5.23. The van der Waals surface area contributed by atoms with Crippen molar-refractivity contribution in [3.05, 3.63) is 24.1 Å². The molecule has 0 atom stereocenters. The first-order chi connectivity index (χ1) is 7.90. The second kappa shape index (κ2) is 3.52. The molecular formula is C11H11N3O2. The molecule has 1 aliphatic rings. The maximum Gasteiger partial charge on any atom is 0.178 e. The van der Waals surface area contributed by atoms with Gasteiger partial charge in [0.15, 0.2) is 17.9 Å². The molecule has 0 aromatic carbocycles. The molecule has 2 aromatic heterocycles. The number of rotatable bonds is 2. The number of carbonyl (C=O) groups is 1. The highest BCUT2D eigenvalue weighted by Crippen LogP contribution is 2.28. The van der Waals surface area contributed by atoms with Crippen LogP contribution in [0.5, 0.6) is 0 Å². The summed E-state index contributed by atoms with van der Waals surface area (Å²) in [4.78, 5) is 15.2. The number of carbonyl (C=O) groups excluding carboxylic acids is 1. The van der Waals surface area contributed by atoms with Crippen LogP contribution in [-0.4, -0.2) is 22.4 Å². The molecule has 3 rings (SSSR count). The van der Waals surface area contributed by atoms with Gasteiger partial charge in [0, 0.05) is 13.1 Å². The Hall–Kier alpha value is -2.04. The molecule has 0 spiro atoms. The number of fused-ring (bicyclic) bond motifs is 1. The molecule has 0 fully saturated rings. The van der Waals surface area contributed by atoms with Crippen LogP contribution >= 0.6 is 0 Å². The quantitative estimate of drug-likeness (QED) is 0.779. The monoisotopic (exact) mass is 217 g/mol. The van der Waals surface area contributed by atoms with E-state index in [1.54, 1.807) is 6.26 Å². The Balaban J connectivity index is 2.18. The van der Waals surface area contributed by atoms with Crippen LogP contribution in [0.1, 0.15) is 16.9 Å². The molecule has 5 nitrogen and oxygen atoms in total. The van der Waals surface area contributed by atoms with E-state index in [-0.39, 0.29) is 0 Å². The van der Waals surface area contributed by atoms with Crippen molar-refractivity contribution in [2.45, 2.75) is 13.0 Å². The molecule has 2 aromatic rings. The van der Waals surface area contributed by atoms with Crippen molar-refractivity contribution in [2.75, 3.05) is 11.9 Å². The fraction of sp³-hybridized carbons (Fsp3) is 0.273. The van der Waals surface area contributed by atoms with Crippen LogP contribution in [0.4, 0.5) is 5.82 Å². The lowest BCUT2D eigenvalue weighted by molar-refractivity contribution is 0.112. The number of nitrogens with zero attached hydrogens (tertiary/aromatic N) is 2. The number of aromatic nitrogens is 2. The van der Waals surface area contributed by atoms with Crippen molar-refractivity contribution in [1.82, 2.24) is 9.55 Å². The van der Waals surface area contributed by atoms with E-state index in [2.05, 4.69) is 10.3 Å². The summed E-state index contributed by atoms with van der Waals surface area (Å²) >= 11 is 0. The molecule has 0 amide bonds. The molecule has 3 heterocycles. The molecule has 82 valence electrons. The van der Waals surface area contributed by atoms with Crippen LogP contribution in [0.15, 0.2) is 22.8 Å². The van der Waals surface area contributed by atoms with Gasteiger partial charge in [-0.3, -0.25) is 4.79 Å². The van der Waals surface area contributed by atoms with E-state index in [4.69, 9.17) is 4.42 Å². The van der Waals surface area contributed by atoms with Gasteiger partial charge in [-0.1, -0.05) is 0 Å². The SMILES string of the molecule is O=Cc1nc(-c2ccco2)n2c1NCCC2. The van der Waals surface area contributed by atoms with E-state index >= 15 is 0 Å². The smallest absolute Gasteiger partial charge is 0.178 e. The molecule has 0 radical (unpaired) electrons. The predicted octanol–water partition coefficient (Wildman–Crippen LogP) is 1.77. The fourth-order valence-corrected chi connectivity index (χ4v) is 2.00. The van der Waals surface area contributed by atoms with Gasteiger partial charge in [0.1, 0.15) is 11.5 Å². The standard InChI is InChI=1S/C11H11N3O2/c15-7-8-10-12-4-2-5-14(10)11(13-8)9-3-1-6-16-9/h1,3,6-7,12H,2,4-5H2. The van der Waals surface area contributed by atoms with Gasteiger partial charge in [-0.25, -0.2) is 4.98 Å². The minimum Gasteiger partial charge on any atom is -0.461 e. The Morgan fingerprint density at radius 1 is 1.56 bits per heavy atom. The number of imidazole rings is 1. The maximum atomic E-state index is 10.9. The van der Waals surface area contributed by atoms with Gasteiger partial charge < -0.3 is 14.3 Å². The summed E-state index contributed by atoms with van der Waals surface area (Å²) in [6.45, 7) is 1.74. The van der Waals surface area contributed by atoms with E-state index < -0.39 is 0 Å². The Morgan fingerprint density at radius 3 is 3.25 bits per heavy atom. The average Bonchev–Trinajstić information content (AvgIpc) is 2.95. The zero-order valence-corrected chi connectivity index (χ0v) is 8.64.